The third-order valence-electron chi connectivity index (χ3n) is 10.7. The number of unbranched alkanes of at least 4 members (excludes halogenated alkanes) is 21. The van der Waals surface area contributed by atoms with Gasteiger partial charge in [-0.25, -0.2) is 0 Å². The summed E-state index contributed by atoms with van der Waals surface area (Å²) in [6, 6.07) is 0. The van der Waals surface area contributed by atoms with Crippen LogP contribution in [0.1, 0.15) is 194 Å². The smallest absolute Gasteiger partial charge is 0.306 e. The molecule has 0 bridgehead atoms. The molecule has 0 saturated carbocycles. The van der Waals surface area contributed by atoms with Crippen LogP contribution >= 0.6 is 0 Å². The molecule has 0 aromatic heterocycles. The van der Waals surface area contributed by atoms with Crippen LogP contribution in [-0.4, -0.2) is 96.0 Å². The second-order valence-electron chi connectivity index (χ2n) is 16.4. The molecular formula is C47H84O12S. The van der Waals surface area contributed by atoms with E-state index in [2.05, 4.69) is 50.3 Å². The molecule has 1 rings (SSSR count). The Hall–Kier alpha value is -2.13. The normalized spacial score (nSPS) is 20.4. The van der Waals surface area contributed by atoms with Crippen molar-refractivity contribution in [3.8, 4) is 0 Å². The number of aliphatic hydroxyl groups excluding tert-OH is 3. The van der Waals surface area contributed by atoms with Crippen LogP contribution < -0.4 is 0 Å². The van der Waals surface area contributed by atoms with Crippen LogP contribution in [0.25, 0.3) is 0 Å². The van der Waals surface area contributed by atoms with Crippen molar-refractivity contribution in [2.24, 2.45) is 0 Å². The number of rotatable bonds is 39. The second-order valence-corrected chi connectivity index (χ2v) is 17.9. The standard InChI is InChI=1S/C47H84O12S/c1-3-5-7-9-11-13-15-17-19-20-22-24-26-28-30-32-34-36-43(49)58-40(38-57-47-46(52)45(51)44(50)41(59-47)39-60(53,54)55)37-56-42(48)35-33-31-29-27-25-23-21-18-16-14-12-10-8-6-4-2/h11,13,17,19,23,25,40-41,44-47,50-52H,3-10,12,14-16,18,20-22,24,26-39H2,1-2H3,(H,53,54,55)/b13-11+,19-17+,25-23+/t40-,41-,44-,45?,46?,47+/m1/s1. The Kier molecular flexibility index (Phi) is 34.9. The zero-order chi connectivity index (χ0) is 44.1. The monoisotopic (exact) mass is 873 g/mol. The largest absolute Gasteiger partial charge is 0.462 e. The highest BCUT2D eigenvalue weighted by Gasteiger charge is 2.46. The zero-order valence-corrected chi connectivity index (χ0v) is 38.1. The molecule has 2 unspecified atom stereocenters. The lowest BCUT2D eigenvalue weighted by atomic mass is 10.00. The molecule has 0 aliphatic carbocycles. The number of hydrogen-bond acceptors (Lipinski definition) is 11. The minimum absolute atomic E-state index is 0.153. The molecule has 0 spiro atoms. The van der Waals surface area contributed by atoms with Gasteiger partial charge < -0.3 is 34.3 Å². The third-order valence-corrected chi connectivity index (χ3v) is 11.4. The lowest BCUT2D eigenvalue weighted by Gasteiger charge is -2.40. The van der Waals surface area contributed by atoms with Gasteiger partial charge in [0.1, 0.15) is 36.8 Å². The van der Waals surface area contributed by atoms with Crippen LogP contribution in [0.2, 0.25) is 0 Å². The first kappa shape index (κ1) is 55.9. The summed E-state index contributed by atoms with van der Waals surface area (Å²) in [7, 11) is -4.60. The highest BCUT2D eigenvalue weighted by atomic mass is 32.2. The summed E-state index contributed by atoms with van der Waals surface area (Å²) >= 11 is 0. The number of carbonyl (C=O) groups is 2. The van der Waals surface area contributed by atoms with Crippen molar-refractivity contribution >= 4 is 22.1 Å². The van der Waals surface area contributed by atoms with Crippen molar-refractivity contribution in [2.75, 3.05) is 19.0 Å². The van der Waals surface area contributed by atoms with Gasteiger partial charge >= 0.3 is 11.9 Å². The Morgan fingerprint density at radius 1 is 0.567 bits per heavy atom. The highest BCUT2D eigenvalue weighted by Crippen LogP contribution is 2.24. The van der Waals surface area contributed by atoms with Gasteiger partial charge in [0.05, 0.1) is 6.61 Å². The summed E-state index contributed by atoms with van der Waals surface area (Å²) in [5, 5.41) is 30.9. The molecule has 13 heteroatoms. The maximum Gasteiger partial charge on any atom is 0.306 e. The van der Waals surface area contributed by atoms with Crippen LogP contribution in [0.3, 0.4) is 0 Å². The average Bonchev–Trinajstić information content (AvgIpc) is 3.21. The summed E-state index contributed by atoms with van der Waals surface area (Å²) < 4.78 is 54.1. The number of aliphatic hydroxyl groups is 3. The third kappa shape index (κ3) is 31.7. The van der Waals surface area contributed by atoms with Gasteiger partial charge in [0.15, 0.2) is 12.4 Å². The Morgan fingerprint density at radius 3 is 1.53 bits per heavy atom. The summed E-state index contributed by atoms with van der Waals surface area (Å²) in [5.41, 5.74) is 0. The zero-order valence-electron chi connectivity index (χ0n) is 37.3. The van der Waals surface area contributed by atoms with E-state index >= 15 is 0 Å². The minimum atomic E-state index is -4.60. The lowest BCUT2D eigenvalue weighted by Crippen LogP contribution is -2.60. The molecule has 4 N–H and O–H groups in total. The Morgan fingerprint density at radius 2 is 1.00 bits per heavy atom. The lowest BCUT2D eigenvalue weighted by molar-refractivity contribution is -0.297. The van der Waals surface area contributed by atoms with Crippen molar-refractivity contribution in [3.05, 3.63) is 36.5 Å². The van der Waals surface area contributed by atoms with E-state index in [0.29, 0.717) is 12.8 Å². The van der Waals surface area contributed by atoms with Gasteiger partial charge in [-0.15, -0.1) is 0 Å². The maximum atomic E-state index is 12.8. The summed E-state index contributed by atoms with van der Waals surface area (Å²) in [5.74, 6) is -2.01. The molecule has 12 nitrogen and oxygen atoms in total. The number of carbonyl (C=O) groups excluding carboxylic acids is 2. The number of hydrogen-bond donors (Lipinski definition) is 4. The van der Waals surface area contributed by atoms with Gasteiger partial charge in [0, 0.05) is 12.8 Å². The fourth-order valence-corrected chi connectivity index (χ4v) is 7.69. The molecule has 350 valence electrons. The molecule has 60 heavy (non-hydrogen) atoms. The van der Waals surface area contributed by atoms with Gasteiger partial charge in [-0.1, -0.05) is 147 Å². The molecule has 1 aliphatic heterocycles. The number of esters is 2. The summed E-state index contributed by atoms with van der Waals surface area (Å²) in [6.07, 6.45) is 33.3. The number of allylic oxidation sites excluding steroid dienone is 6. The van der Waals surface area contributed by atoms with Gasteiger partial charge in [0.2, 0.25) is 0 Å². The molecular weight excluding hydrogens is 789 g/mol. The molecule has 0 aromatic rings. The Bertz CT molecular complexity index is 1250. The Labute approximate surface area is 363 Å². The van der Waals surface area contributed by atoms with E-state index in [1.54, 1.807) is 0 Å². The van der Waals surface area contributed by atoms with Crippen LogP contribution in [0.15, 0.2) is 36.5 Å². The van der Waals surface area contributed by atoms with Crippen LogP contribution in [-0.2, 0) is 38.7 Å². The topological polar surface area (TPSA) is 186 Å². The van der Waals surface area contributed by atoms with E-state index in [9.17, 15) is 37.9 Å². The molecule has 1 aliphatic rings. The van der Waals surface area contributed by atoms with Gasteiger partial charge in [0.25, 0.3) is 10.1 Å². The molecule has 6 atom stereocenters. The van der Waals surface area contributed by atoms with Crippen molar-refractivity contribution in [1.82, 2.24) is 0 Å². The van der Waals surface area contributed by atoms with Crippen molar-refractivity contribution in [1.29, 1.82) is 0 Å². The average molecular weight is 873 g/mol. The quantitative estimate of drug-likeness (QED) is 0.0199. The minimum Gasteiger partial charge on any atom is -0.462 e. The molecule has 0 amide bonds. The van der Waals surface area contributed by atoms with Crippen molar-refractivity contribution < 1.29 is 56.8 Å². The van der Waals surface area contributed by atoms with E-state index in [1.807, 2.05) is 0 Å². The van der Waals surface area contributed by atoms with E-state index in [0.717, 1.165) is 70.6 Å². The second kappa shape index (κ2) is 37.4. The highest BCUT2D eigenvalue weighted by molar-refractivity contribution is 7.85. The fraction of sp³-hybridized carbons (Fsp3) is 0.830. The predicted octanol–water partition coefficient (Wildman–Crippen LogP) is 9.78. The van der Waals surface area contributed by atoms with E-state index in [1.165, 1.54) is 83.5 Å². The van der Waals surface area contributed by atoms with Gasteiger partial charge in [-0.3, -0.25) is 14.1 Å². The van der Waals surface area contributed by atoms with Crippen molar-refractivity contribution in [2.45, 2.75) is 230 Å². The van der Waals surface area contributed by atoms with E-state index in [4.69, 9.17) is 18.9 Å². The van der Waals surface area contributed by atoms with Crippen molar-refractivity contribution in [3.63, 3.8) is 0 Å². The fourth-order valence-electron chi connectivity index (χ4n) is 7.00. The maximum absolute atomic E-state index is 12.8. The summed E-state index contributed by atoms with van der Waals surface area (Å²) in [4.78, 5) is 25.4. The molecule has 0 radical (unpaired) electrons. The Balaban J connectivity index is 2.44. The van der Waals surface area contributed by atoms with Gasteiger partial charge in [-0.2, -0.15) is 8.42 Å². The molecule has 1 fully saturated rings. The first-order valence-corrected chi connectivity index (χ1v) is 25.2. The van der Waals surface area contributed by atoms with Gasteiger partial charge in [-0.05, 0) is 70.6 Å². The van der Waals surface area contributed by atoms with E-state index < -0.39 is 71.2 Å². The first-order chi connectivity index (χ1) is 29.0. The SMILES string of the molecule is CCCCC/C=C/C/C=C/CCCCCCCCCC(=O)O[C@H](COC(=O)CCCCC/C=C/CCCCCCCCCC)CO[C@H]1O[C@H](CS(=O)(=O)O)[C@@H](O)C(O)C1O. The van der Waals surface area contributed by atoms with Crippen LogP contribution in [0.4, 0.5) is 0 Å². The predicted molar refractivity (Wildman–Crippen MR) is 238 cm³/mol. The summed E-state index contributed by atoms with van der Waals surface area (Å²) in [6.45, 7) is 3.72. The van der Waals surface area contributed by atoms with Crippen LogP contribution in [0.5, 0.6) is 0 Å². The molecule has 1 saturated heterocycles. The van der Waals surface area contributed by atoms with Crippen LogP contribution in [0, 0.1) is 0 Å². The van der Waals surface area contributed by atoms with E-state index in [-0.39, 0.29) is 19.4 Å². The number of ether oxygens (including phenoxy) is 4. The molecule has 1 heterocycles. The first-order valence-electron chi connectivity index (χ1n) is 23.5. The molecule has 0 aromatic carbocycles.